The fourth-order valence-corrected chi connectivity index (χ4v) is 1.21. The van der Waals surface area contributed by atoms with Gasteiger partial charge in [-0.1, -0.05) is 6.08 Å². The van der Waals surface area contributed by atoms with Gasteiger partial charge in [0.05, 0.1) is 7.11 Å². The Bertz CT molecular complexity index is 229. The van der Waals surface area contributed by atoms with Gasteiger partial charge in [0.25, 0.3) is 0 Å². The van der Waals surface area contributed by atoms with Crippen molar-refractivity contribution in [1.29, 1.82) is 0 Å². The summed E-state index contributed by atoms with van der Waals surface area (Å²) in [6, 6.07) is 0. The van der Waals surface area contributed by atoms with Gasteiger partial charge >= 0.3 is 13.2 Å². The van der Waals surface area contributed by atoms with E-state index >= 15 is 0 Å². The van der Waals surface area contributed by atoms with Crippen LogP contribution in [0.15, 0.2) is 11.5 Å². The van der Waals surface area contributed by atoms with E-state index in [0.29, 0.717) is 25.0 Å². The Morgan fingerprint density at radius 2 is 2.38 bits per heavy atom. The molecule has 1 heterocycles. The summed E-state index contributed by atoms with van der Waals surface area (Å²) in [5, 5.41) is 17.6. The van der Waals surface area contributed by atoms with Crippen molar-refractivity contribution in [3.63, 3.8) is 0 Å². The zero-order chi connectivity index (χ0) is 9.84. The van der Waals surface area contributed by atoms with Gasteiger partial charge in [0.2, 0.25) is 0 Å². The van der Waals surface area contributed by atoms with Gasteiger partial charge in [-0.3, -0.25) is 0 Å². The van der Waals surface area contributed by atoms with Gasteiger partial charge in [-0.2, -0.15) is 0 Å². The summed E-state index contributed by atoms with van der Waals surface area (Å²) < 4.78 is 4.52. The molecule has 0 aromatic rings. The lowest BCUT2D eigenvalue weighted by atomic mass is 9.76. The highest BCUT2D eigenvalue weighted by Gasteiger charge is 2.22. The van der Waals surface area contributed by atoms with Crippen molar-refractivity contribution in [2.45, 2.75) is 6.42 Å². The summed E-state index contributed by atoms with van der Waals surface area (Å²) in [7, 11) is -0.0811. The number of carbonyl (C=O) groups excluding carboxylic acids is 1. The van der Waals surface area contributed by atoms with Gasteiger partial charge < -0.3 is 19.7 Å². The molecular weight excluding hydrogens is 173 g/mol. The molecule has 1 aliphatic heterocycles. The zero-order valence-corrected chi connectivity index (χ0v) is 7.43. The van der Waals surface area contributed by atoms with Crippen molar-refractivity contribution < 1.29 is 19.6 Å². The topological polar surface area (TPSA) is 70.0 Å². The number of rotatable bonds is 1. The normalized spacial score (nSPS) is 16.5. The van der Waals surface area contributed by atoms with Crippen LogP contribution in [0.1, 0.15) is 6.42 Å². The molecule has 0 radical (unpaired) electrons. The van der Waals surface area contributed by atoms with E-state index in [0.717, 1.165) is 0 Å². The lowest BCUT2D eigenvalue weighted by Crippen LogP contribution is -2.36. The van der Waals surface area contributed by atoms with Crippen LogP contribution in [0.3, 0.4) is 0 Å². The molecule has 0 aromatic carbocycles. The SMILES string of the molecule is COC(=O)N1CC=C(B(O)O)CC1. The fraction of sp³-hybridized carbons (Fsp3) is 0.571. The molecule has 0 unspecified atom stereocenters. The number of nitrogens with zero attached hydrogens (tertiary/aromatic N) is 1. The van der Waals surface area contributed by atoms with E-state index in [-0.39, 0.29) is 6.09 Å². The molecule has 72 valence electrons. The summed E-state index contributed by atoms with van der Waals surface area (Å²) in [6.07, 6.45) is 1.72. The number of carbonyl (C=O) groups is 1. The van der Waals surface area contributed by atoms with E-state index in [2.05, 4.69) is 4.74 Å². The zero-order valence-electron chi connectivity index (χ0n) is 7.43. The Labute approximate surface area is 76.7 Å². The Balaban J connectivity index is 2.51. The smallest absolute Gasteiger partial charge is 0.453 e. The molecule has 0 saturated heterocycles. The van der Waals surface area contributed by atoms with Crippen LogP contribution < -0.4 is 0 Å². The highest BCUT2D eigenvalue weighted by Crippen LogP contribution is 2.11. The van der Waals surface area contributed by atoms with E-state index in [4.69, 9.17) is 10.0 Å². The molecule has 0 fully saturated rings. The van der Waals surface area contributed by atoms with Crippen LogP contribution in [0.2, 0.25) is 0 Å². The molecule has 0 aromatic heterocycles. The molecule has 13 heavy (non-hydrogen) atoms. The molecule has 1 rings (SSSR count). The number of ether oxygens (including phenoxy) is 1. The molecular formula is C7H12BNO4. The van der Waals surface area contributed by atoms with Crippen molar-refractivity contribution in [1.82, 2.24) is 4.90 Å². The molecule has 0 atom stereocenters. The molecule has 0 spiro atoms. The first-order valence-electron chi connectivity index (χ1n) is 4.03. The molecule has 2 N–H and O–H groups in total. The van der Waals surface area contributed by atoms with Crippen molar-refractivity contribution in [3.8, 4) is 0 Å². The van der Waals surface area contributed by atoms with Crippen LogP contribution in [-0.2, 0) is 4.74 Å². The first-order chi connectivity index (χ1) is 6.15. The Morgan fingerprint density at radius 1 is 1.69 bits per heavy atom. The van der Waals surface area contributed by atoms with Gasteiger partial charge in [-0.15, -0.1) is 0 Å². The number of hydrogen-bond acceptors (Lipinski definition) is 4. The number of amides is 1. The Hall–Kier alpha value is -1.01. The van der Waals surface area contributed by atoms with E-state index < -0.39 is 7.12 Å². The maximum Gasteiger partial charge on any atom is 0.483 e. The first-order valence-corrected chi connectivity index (χ1v) is 4.03. The second-order valence-corrected chi connectivity index (χ2v) is 2.82. The minimum absolute atomic E-state index is 0.375. The van der Waals surface area contributed by atoms with Crippen molar-refractivity contribution >= 4 is 13.2 Å². The summed E-state index contributed by atoms with van der Waals surface area (Å²) >= 11 is 0. The summed E-state index contributed by atoms with van der Waals surface area (Å²) in [6.45, 7) is 0.843. The van der Waals surface area contributed by atoms with Crippen LogP contribution >= 0.6 is 0 Å². The average molecular weight is 185 g/mol. The molecule has 0 saturated carbocycles. The van der Waals surface area contributed by atoms with Gasteiger partial charge in [-0.05, 0) is 11.9 Å². The highest BCUT2D eigenvalue weighted by molar-refractivity contribution is 6.50. The molecule has 5 nitrogen and oxygen atoms in total. The molecule has 0 aliphatic carbocycles. The Kier molecular flexibility index (Phi) is 3.33. The minimum Gasteiger partial charge on any atom is -0.453 e. The Morgan fingerprint density at radius 3 is 2.77 bits per heavy atom. The van der Waals surface area contributed by atoms with E-state index in [1.807, 2.05) is 0 Å². The summed E-state index contributed by atoms with van der Waals surface area (Å²) in [5.41, 5.74) is 0.556. The second kappa shape index (κ2) is 4.29. The van der Waals surface area contributed by atoms with Crippen LogP contribution in [0.5, 0.6) is 0 Å². The lowest BCUT2D eigenvalue weighted by Gasteiger charge is -2.24. The number of hydrogen-bond donors (Lipinski definition) is 2. The fourth-order valence-electron chi connectivity index (χ4n) is 1.21. The first kappa shape index (κ1) is 10.1. The average Bonchev–Trinajstić information content (AvgIpc) is 2.17. The van der Waals surface area contributed by atoms with Gasteiger partial charge in [0.15, 0.2) is 0 Å². The van der Waals surface area contributed by atoms with Crippen molar-refractivity contribution in [2.24, 2.45) is 0 Å². The van der Waals surface area contributed by atoms with Crippen molar-refractivity contribution in [2.75, 3.05) is 20.2 Å². The third kappa shape index (κ3) is 2.47. The highest BCUT2D eigenvalue weighted by atomic mass is 16.5. The second-order valence-electron chi connectivity index (χ2n) is 2.82. The standard InChI is InChI=1S/C7H12BNO4/c1-13-7(10)9-4-2-6(3-5-9)8(11)12/h2,11-12H,3-5H2,1H3. The largest absolute Gasteiger partial charge is 0.483 e. The van der Waals surface area contributed by atoms with Crippen LogP contribution in [0.25, 0.3) is 0 Å². The van der Waals surface area contributed by atoms with E-state index in [1.165, 1.54) is 12.0 Å². The monoisotopic (exact) mass is 185 g/mol. The lowest BCUT2D eigenvalue weighted by molar-refractivity contribution is 0.127. The third-order valence-corrected chi connectivity index (χ3v) is 2.01. The van der Waals surface area contributed by atoms with Gasteiger partial charge in [0, 0.05) is 13.1 Å². The van der Waals surface area contributed by atoms with Crippen LogP contribution in [0, 0.1) is 0 Å². The minimum atomic E-state index is -1.40. The van der Waals surface area contributed by atoms with Crippen LogP contribution in [-0.4, -0.2) is 48.4 Å². The summed E-state index contributed by atoms with van der Waals surface area (Å²) in [5.74, 6) is 0. The molecule has 0 bridgehead atoms. The van der Waals surface area contributed by atoms with E-state index in [9.17, 15) is 4.79 Å². The quantitative estimate of drug-likeness (QED) is 0.535. The predicted molar refractivity (Wildman–Crippen MR) is 46.9 cm³/mol. The van der Waals surface area contributed by atoms with Gasteiger partial charge in [0.1, 0.15) is 0 Å². The van der Waals surface area contributed by atoms with Crippen LogP contribution in [0.4, 0.5) is 4.79 Å². The molecule has 1 aliphatic rings. The number of methoxy groups -OCH3 is 1. The summed E-state index contributed by atoms with van der Waals surface area (Å²) in [4.78, 5) is 12.5. The van der Waals surface area contributed by atoms with Gasteiger partial charge in [-0.25, -0.2) is 4.79 Å². The van der Waals surface area contributed by atoms with E-state index in [1.54, 1.807) is 6.08 Å². The maximum absolute atomic E-state index is 11.0. The predicted octanol–water partition coefficient (Wildman–Crippen LogP) is -0.603. The maximum atomic E-state index is 11.0. The molecule has 6 heteroatoms. The third-order valence-electron chi connectivity index (χ3n) is 2.01. The van der Waals surface area contributed by atoms with Crippen molar-refractivity contribution in [3.05, 3.63) is 11.5 Å². The molecule has 1 amide bonds.